The summed E-state index contributed by atoms with van der Waals surface area (Å²) in [5, 5.41) is 8.99. The van der Waals surface area contributed by atoms with Gasteiger partial charge in [0.25, 0.3) is 0 Å². The highest BCUT2D eigenvalue weighted by Crippen LogP contribution is 2.24. The van der Waals surface area contributed by atoms with E-state index in [1.807, 2.05) is 0 Å². The van der Waals surface area contributed by atoms with Crippen molar-refractivity contribution in [3.63, 3.8) is 0 Å². The number of halogens is 1. The molecule has 0 aliphatic carbocycles. The van der Waals surface area contributed by atoms with Crippen LogP contribution in [0.1, 0.15) is 23.2 Å². The number of nitrogens with zero attached hydrogens (tertiary/aromatic N) is 1. The van der Waals surface area contributed by atoms with Crippen LogP contribution in [0.2, 0.25) is 5.02 Å². The molecule has 0 saturated carbocycles. The maximum absolute atomic E-state index is 12.3. The summed E-state index contributed by atoms with van der Waals surface area (Å²) < 4.78 is 24.6. The summed E-state index contributed by atoms with van der Waals surface area (Å²) in [6.07, 6.45) is 2.19. The molecule has 2 rings (SSSR count). The van der Waals surface area contributed by atoms with Gasteiger partial charge in [0.1, 0.15) is 0 Å². The van der Waals surface area contributed by atoms with Gasteiger partial charge in [-0.2, -0.15) is 0 Å². The fourth-order valence-electron chi connectivity index (χ4n) is 2.24. The molecule has 5 nitrogen and oxygen atoms in total. The first kappa shape index (κ1) is 15.3. The zero-order chi connectivity index (χ0) is 14.8. The fourth-order valence-corrected chi connectivity index (χ4v) is 4.10. The van der Waals surface area contributed by atoms with Crippen LogP contribution in [0.4, 0.5) is 0 Å². The van der Waals surface area contributed by atoms with Crippen molar-refractivity contribution in [2.45, 2.75) is 17.7 Å². The summed E-state index contributed by atoms with van der Waals surface area (Å²) in [7, 11) is -3.57. The van der Waals surface area contributed by atoms with Crippen LogP contribution in [0.3, 0.4) is 0 Å². The number of hydrogen-bond donors (Lipinski definition) is 1. The molecule has 1 aliphatic rings. The van der Waals surface area contributed by atoms with E-state index in [0.29, 0.717) is 6.54 Å². The van der Waals surface area contributed by atoms with Gasteiger partial charge in [-0.1, -0.05) is 11.6 Å². The van der Waals surface area contributed by atoms with E-state index in [1.54, 1.807) is 0 Å². The van der Waals surface area contributed by atoms with Gasteiger partial charge in [0.05, 0.1) is 21.2 Å². The summed E-state index contributed by atoms with van der Waals surface area (Å²) >= 11 is 5.90. The fraction of sp³-hybridized carbons (Fsp3) is 0.462. The molecule has 0 atom stereocenters. The van der Waals surface area contributed by atoms with Gasteiger partial charge in [-0.15, -0.1) is 0 Å². The van der Waals surface area contributed by atoms with E-state index >= 15 is 0 Å². The molecule has 20 heavy (non-hydrogen) atoms. The molecule has 0 spiro atoms. The first-order valence-electron chi connectivity index (χ1n) is 6.38. The third-order valence-corrected chi connectivity index (χ3v) is 5.56. The van der Waals surface area contributed by atoms with Crippen LogP contribution in [0.25, 0.3) is 0 Å². The Kier molecular flexibility index (Phi) is 4.67. The van der Waals surface area contributed by atoms with E-state index in [4.69, 9.17) is 16.7 Å². The molecule has 1 saturated heterocycles. The van der Waals surface area contributed by atoms with Gasteiger partial charge < -0.3 is 10.0 Å². The largest absolute Gasteiger partial charge is 0.478 e. The summed E-state index contributed by atoms with van der Waals surface area (Å²) in [6.45, 7) is 2.28. The smallest absolute Gasteiger partial charge is 0.335 e. The minimum Gasteiger partial charge on any atom is -0.478 e. The van der Waals surface area contributed by atoms with E-state index in [2.05, 4.69) is 4.90 Å². The predicted octanol–water partition coefficient (Wildman–Crippen LogP) is 1.91. The Labute approximate surface area is 123 Å². The standard InChI is InChI=1S/C13H16ClNO4S/c14-11-4-3-10(13(16)17)9-12(11)20(18,19)8-7-15-5-1-2-6-15/h3-4,9H,1-2,5-8H2,(H,16,17). The summed E-state index contributed by atoms with van der Waals surface area (Å²) in [6, 6.07) is 3.74. The van der Waals surface area contributed by atoms with Crippen molar-refractivity contribution < 1.29 is 18.3 Å². The summed E-state index contributed by atoms with van der Waals surface area (Å²) in [4.78, 5) is 12.9. The van der Waals surface area contributed by atoms with Crippen LogP contribution in [-0.4, -0.2) is 49.8 Å². The zero-order valence-electron chi connectivity index (χ0n) is 10.9. The molecule has 0 bridgehead atoms. The first-order chi connectivity index (χ1) is 9.40. The van der Waals surface area contributed by atoms with Gasteiger partial charge in [0.2, 0.25) is 0 Å². The third-order valence-electron chi connectivity index (χ3n) is 3.39. The van der Waals surface area contributed by atoms with Gasteiger partial charge >= 0.3 is 5.97 Å². The Morgan fingerprint density at radius 3 is 2.55 bits per heavy atom. The van der Waals surface area contributed by atoms with Crippen LogP contribution in [-0.2, 0) is 9.84 Å². The molecular weight excluding hydrogens is 302 g/mol. The lowest BCUT2D eigenvalue weighted by Gasteiger charge is -2.15. The number of carbonyl (C=O) groups is 1. The lowest BCUT2D eigenvalue weighted by Crippen LogP contribution is -2.26. The average molecular weight is 318 g/mol. The molecule has 110 valence electrons. The molecule has 0 unspecified atom stereocenters. The topological polar surface area (TPSA) is 74.7 Å². The highest BCUT2D eigenvalue weighted by molar-refractivity contribution is 7.91. The van der Waals surface area contributed by atoms with E-state index < -0.39 is 15.8 Å². The molecule has 1 aliphatic heterocycles. The average Bonchev–Trinajstić information content (AvgIpc) is 2.89. The normalized spacial score (nSPS) is 16.4. The zero-order valence-corrected chi connectivity index (χ0v) is 12.5. The number of rotatable bonds is 5. The van der Waals surface area contributed by atoms with Gasteiger partial charge in [-0.05, 0) is 44.1 Å². The minimum absolute atomic E-state index is 0.0458. The molecule has 0 aromatic heterocycles. The minimum atomic E-state index is -3.57. The number of benzene rings is 1. The van der Waals surface area contributed by atoms with Crippen molar-refractivity contribution in [1.82, 2.24) is 4.90 Å². The van der Waals surface area contributed by atoms with Crippen LogP contribution < -0.4 is 0 Å². The number of aromatic carboxylic acids is 1. The van der Waals surface area contributed by atoms with Crippen molar-refractivity contribution in [1.29, 1.82) is 0 Å². The predicted molar refractivity (Wildman–Crippen MR) is 76.1 cm³/mol. The monoisotopic (exact) mass is 317 g/mol. The first-order valence-corrected chi connectivity index (χ1v) is 8.41. The Balaban J connectivity index is 2.19. The molecule has 1 heterocycles. The van der Waals surface area contributed by atoms with Crippen molar-refractivity contribution in [3.05, 3.63) is 28.8 Å². The van der Waals surface area contributed by atoms with Crippen LogP contribution in [0, 0.1) is 0 Å². The molecular formula is C13H16ClNO4S. The number of carboxylic acids is 1. The van der Waals surface area contributed by atoms with E-state index in [0.717, 1.165) is 32.0 Å². The van der Waals surface area contributed by atoms with Crippen molar-refractivity contribution in [2.75, 3.05) is 25.4 Å². The summed E-state index contributed by atoms with van der Waals surface area (Å²) in [5.41, 5.74) is -0.0749. The Morgan fingerprint density at radius 2 is 1.95 bits per heavy atom. The molecule has 0 amide bonds. The Morgan fingerprint density at radius 1 is 1.30 bits per heavy atom. The number of likely N-dealkylation sites (tertiary alicyclic amines) is 1. The van der Waals surface area contributed by atoms with Gasteiger partial charge in [-0.3, -0.25) is 0 Å². The summed E-state index contributed by atoms with van der Waals surface area (Å²) in [5.74, 6) is -1.21. The quantitative estimate of drug-likeness (QED) is 0.898. The second-order valence-corrected chi connectivity index (χ2v) is 7.30. The maximum Gasteiger partial charge on any atom is 0.335 e. The molecule has 1 N–H and O–H groups in total. The van der Waals surface area contributed by atoms with Gasteiger partial charge in [-0.25, -0.2) is 13.2 Å². The number of carboxylic acid groups (broad SMARTS) is 1. The number of hydrogen-bond acceptors (Lipinski definition) is 4. The molecule has 7 heteroatoms. The van der Waals surface area contributed by atoms with Crippen LogP contribution in [0.5, 0.6) is 0 Å². The molecule has 1 aromatic rings. The molecule has 1 aromatic carbocycles. The molecule has 0 radical (unpaired) electrons. The van der Waals surface area contributed by atoms with E-state index in [1.165, 1.54) is 12.1 Å². The van der Waals surface area contributed by atoms with Crippen LogP contribution in [0.15, 0.2) is 23.1 Å². The molecule has 1 fully saturated rings. The van der Waals surface area contributed by atoms with Crippen molar-refractivity contribution in [3.8, 4) is 0 Å². The highest BCUT2D eigenvalue weighted by Gasteiger charge is 2.22. The van der Waals surface area contributed by atoms with Gasteiger partial charge in [0.15, 0.2) is 9.84 Å². The SMILES string of the molecule is O=C(O)c1ccc(Cl)c(S(=O)(=O)CCN2CCCC2)c1. The van der Waals surface area contributed by atoms with Crippen molar-refractivity contribution in [2.24, 2.45) is 0 Å². The lowest BCUT2D eigenvalue weighted by atomic mass is 10.2. The second-order valence-electron chi connectivity index (χ2n) is 4.82. The highest BCUT2D eigenvalue weighted by atomic mass is 35.5. The lowest BCUT2D eigenvalue weighted by molar-refractivity contribution is 0.0696. The number of sulfone groups is 1. The Bertz CT molecular complexity index is 609. The van der Waals surface area contributed by atoms with E-state index in [-0.39, 0.29) is 21.2 Å². The van der Waals surface area contributed by atoms with Gasteiger partial charge in [0, 0.05) is 6.54 Å². The third kappa shape index (κ3) is 3.50. The van der Waals surface area contributed by atoms with E-state index in [9.17, 15) is 13.2 Å². The maximum atomic E-state index is 12.3. The second kappa shape index (κ2) is 6.11. The van der Waals surface area contributed by atoms with Crippen LogP contribution >= 0.6 is 11.6 Å². The van der Waals surface area contributed by atoms with Crippen molar-refractivity contribution >= 4 is 27.4 Å². The Hall–Kier alpha value is -1.11.